The van der Waals surface area contributed by atoms with Gasteiger partial charge in [0.15, 0.2) is 0 Å². The van der Waals surface area contributed by atoms with Gasteiger partial charge in [0.1, 0.15) is 0 Å². The molecule has 3 heteroatoms. The third-order valence-corrected chi connectivity index (χ3v) is 4.28. The molecule has 0 aliphatic carbocycles. The van der Waals surface area contributed by atoms with Crippen LogP contribution in [0.4, 0.5) is 0 Å². The Balaban J connectivity index is 2.28. The van der Waals surface area contributed by atoms with Crippen molar-refractivity contribution in [3.63, 3.8) is 0 Å². The molecule has 1 aliphatic rings. The summed E-state index contributed by atoms with van der Waals surface area (Å²) in [5.74, 6) is 6.71. The van der Waals surface area contributed by atoms with E-state index in [0.29, 0.717) is 17.9 Å². The van der Waals surface area contributed by atoms with Crippen molar-refractivity contribution < 1.29 is 4.74 Å². The third-order valence-electron chi connectivity index (χ3n) is 4.28. The SMILES string of the molecule is Cc1cccc(C(NN)C2C(C)OC(C)C2C)c1. The van der Waals surface area contributed by atoms with Crippen LogP contribution in [-0.2, 0) is 4.74 Å². The van der Waals surface area contributed by atoms with Crippen molar-refractivity contribution in [2.24, 2.45) is 17.7 Å². The van der Waals surface area contributed by atoms with Crippen molar-refractivity contribution in [3.8, 4) is 0 Å². The van der Waals surface area contributed by atoms with Crippen LogP contribution in [0.3, 0.4) is 0 Å². The Morgan fingerprint density at radius 2 is 1.94 bits per heavy atom. The molecule has 100 valence electrons. The zero-order valence-electron chi connectivity index (χ0n) is 11.7. The summed E-state index contributed by atoms with van der Waals surface area (Å²) in [5, 5.41) is 0. The molecular weight excluding hydrogens is 224 g/mol. The van der Waals surface area contributed by atoms with Crippen LogP contribution >= 0.6 is 0 Å². The first-order chi connectivity index (χ1) is 8.54. The Kier molecular flexibility index (Phi) is 4.05. The smallest absolute Gasteiger partial charge is 0.0601 e. The van der Waals surface area contributed by atoms with Gasteiger partial charge >= 0.3 is 0 Å². The van der Waals surface area contributed by atoms with Crippen LogP contribution in [0, 0.1) is 18.8 Å². The molecule has 1 aliphatic heterocycles. The van der Waals surface area contributed by atoms with Gasteiger partial charge in [-0.05, 0) is 32.3 Å². The van der Waals surface area contributed by atoms with E-state index in [-0.39, 0.29) is 12.1 Å². The molecule has 0 aromatic heterocycles. The van der Waals surface area contributed by atoms with Gasteiger partial charge in [-0.15, -0.1) is 0 Å². The summed E-state index contributed by atoms with van der Waals surface area (Å²) in [6.07, 6.45) is 0.530. The lowest BCUT2D eigenvalue weighted by molar-refractivity contribution is 0.0475. The molecule has 0 bridgehead atoms. The highest BCUT2D eigenvalue weighted by molar-refractivity contribution is 5.26. The minimum atomic E-state index is 0.153. The topological polar surface area (TPSA) is 47.3 Å². The quantitative estimate of drug-likeness (QED) is 0.638. The fraction of sp³-hybridized carbons (Fsp3) is 0.600. The number of hydrogen-bond acceptors (Lipinski definition) is 3. The van der Waals surface area contributed by atoms with E-state index in [1.165, 1.54) is 11.1 Å². The predicted molar refractivity (Wildman–Crippen MR) is 73.9 cm³/mol. The lowest BCUT2D eigenvalue weighted by atomic mass is 9.80. The lowest BCUT2D eigenvalue weighted by Crippen LogP contribution is -2.38. The Morgan fingerprint density at radius 1 is 1.22 bits per heavy atom. The fourth-order valence-corrected chi connectivity index (χ4v) is 3.16. The predicted octanol–water partition coefficient (Wildman–Crippen LogP) is 2.56. The normalized spacial score (nSPS) is 33.6. The van der Waals surface area contributed by atoms with Crippen LogP contribution in [0.2, 0.25) is 0 Å². The minimum absolute atomic E-state index is 0.153. The number of rotatable bonds is 3. The van der Waals surface area contributed by atoms with Gasteiger partial charge in [0.05, 0.1) is 18.2 Å². The largest absolute Gasteiger partial charge is 0.375 e. The average Bonchev–Trinajstić information content (AvgIpc) is 2.57. The van der Waals surface area contributed by atoms with Crippen LogP contribution < -0.4 is 11.3 Å². The maximum Gasteiger partial charge on any atom is 0.0601 e. The van der Waals surface area contributed by atoms with Crippen molar-refractivity contribution in [2.75, 3.05) is 0 Å². The molecule has 0 amide bonds. The Hall–Kier alpha value is -0.900. The van der Waals surface area contributed by atoms with Gasteiger partial charge in [0, 0.05) is 5.92 Å². The number of hydrazine groups is 1. The molecule has 3 nitrogen and oxygen atoms in total. The van der Waals surface area contributed by atoms with Gasteiger partial charge < -0.3 is 4.74 Å². The zero-order valence-corrected chi connectivity index (χ0v) is 11.7. The molecule has 1 aromatic carbocycles. The first-order valence-electron chi connectivity index (χ1n) is 6.72. The van der Waals surface area contributed by atoms with E-state index in [1.54, 1.807) is 0 Å². The fourth-order valence-electron chi connectivity index (χ4n) is 3.16. The van der Waals surface area contributed by atoms with Crippen molar-refractivity contribution in [1.82, 2.24) is 5.43 Å². The highest BCUT2D eigenvalue weighted by Crippen LogP contribution is 2.40. The molecule has 2 rings (SSSR count). The molecule has 18 heavy (non-hydrogen) atoms. The minimum Gasteiger partial charge on any atom is -0.375 e. The number of hydrogen-bond donors (Lipinski definition) is 2. The van der Waals surface area contributed by atoms with E-state index < -0.39 is 0 Å². The van der Waals surface area contributed by atoms with Crippen LogP contribution in [0.1, 0.15) is 37.9 Å². The first-order valence-corrected chi connectivity index (χ1v) is 6.72. The van der Waals surface area contributed by atoms with Crippen molar-refractivity contribution in [1.29, 1.82) is 0 Å². The summed E-state index contributed by atoms with van der Waals surface area (Å²) >= 11 is 0. The van der Waals surface area contributed by atoms with E-state index in [9.17, 15) is 0 Å². The molecule has 5 unspecified atom stereocenters. The molecule has 1 aromatic rings. The monoisotopic (exact) mass is 248 g/mol. The Morgan fingerprint density at radius 3 is 2.44 bits per heavy atom. The first kappa shape index (κ1) is 13.5. The molecule has 1 fully saturated rings. The van der Waals surface area contributed by atoms with Crippen LogP contribution in [0.5, 0.6) is 0 Å². The molecule has 1 saturated heterocycles. The highest BCUT2D eigenvalue weighted by atomic mass is 16.5. The van der Waals surface area contributed by atoms with E-state index in [0.717, 1.165) is 0 Å². The highest BCUT2D eigenvalue weighted by Gasteiger charge is 2.41. The summed E-state index contributed by atoms with van der Waals surface area (Å²) < 4.78 is 5.92. The van der Waals surface area contributed by atoms with Crippen molar-refractivity contribution in [2.45, 2.75) is 45.9 Å². The van der Waals surface area contributed by atoms with Crippen molar-refractivity contribution >= 4 is 0 Å². The van der Waals surface area contributed by atoms with E-state index in [1.807, 2.05) is 0 Å². The summed E-state index contributed by atoms with van der Waals surface area (Å²) in [4.78, 5) is 0. The average molecular weight is 248 g/mol. The molecule has 5 atom stereocenters. The van der Waals surface area contributed by atoms with Gasteiger partial charge in [-0.2, -0.15) is 0 Å². The molecular formula is C15H24N2O. The molecule has 1 heterocycles. The third kappa shape index (κ3) is 2.44. The van der Waals surface area contributed by atoms with Crippen LogP contribution in [0.15, 0.2) is 24.3 Å². The van der Waals surface area contributed by atoms with E-state index >= 15 is 0 Å². The van der Waals surface area contributed by atoms with Gasteiger partial charge in [-0.3, -0.25) is 11.3 Å². The number of ether oxygens (including phenoxy) is 1. The Bertz CT molecular complexity index is 407. The number of aryl methyl sites for hydroxylation is 1. The van der Waals surface area contributed by atoms with E-state index in [4.69, 9.17) is 10.6 Å². The van der Waals surface area contributed by atoms with Gasteiger partial charge in [0.2, 0.25) is 0 Å². The summed E-state index contributed by atoms with van der Waals surface area (Å²) in [6, 6.07) is 8.69. The standard InChI is InChI=1S/C15H24N2O/c1-9-6-5-7-13(8-9)15(17-16)14-10(2)11(3)18-12(14)4/h5-8,10-12,14-15,17H,16H2,1-4H3. The van der Waals surface area contributed by atoms with E-state index in [2.05, 4.69) is 57.4 Å². The van der Waals surface area contributed by atoms with Gasteiger partial charge in [0.25, 0.3) is 0 Å². The summed E-state index contributed by atoms with van der Waals surface area (Å²) in [5.41, 5.74) is 5.50. The summed E-state index contributed by atoms with van der Waals surface area (Å²) in [7, 11) is 0. The van der Waals surface area contributed by atoms with Crippen LogP contribution in [0.25, 0.3) is 0 Å². The molecule has 0 radical (unpaired) electrons. The van der Waals surface area contributed by atoms with Gasteiger partial charge in [-0.25, -0.2) is 0 Å². The molecule has 0 spiro atoms. The number of nitrogens with one attached hydrogen (secondary N) is 1. The van der Waals surface area contributed by atoms with Crippen LogP contribution in [-0.4, -0.2) is 12.2 Å². The summed E-state index contributed by atoms with van der Waals surface area (Å²) in [6.45, 7) is 8.65. The molecule has 0 saturated carbocycles. The zero-order chi connectivity index (χ0) is 13.3. The Labute approximate surface area is 110 Å². The number of nitrogens with two attached hydrogens (primary N) is 1. The number of benzene rings is 1. The van der Waals surface area contributed by atoms with Gasteiger partial charge in [-0.1, -0.05) is 36.8 Å². The lowest BCUT2D eigenvalue weighted by Gasteiger charge is -2.29. The van der Waals surface area contributed by atoms with Crippen molar-refractivity contribution in [3.05, 3.63) is 35.4 Å². The maximum atomic E-state index is 5.92. The second kappa shape index (κ2) is 5.39. The second-order valence-electron chi connectivity index (χ2n) is 5.54. The maximum absolute atomic E-state index is 5.92. The molecule has 3 N–H and O–H groups in total. The second-order valence-corrected chi connectivity index (χ2v) is 5.54.